The zero-order chi connectivity index (χ0) is 27.3. The number of carbonyl (C=O) groups is 1. The molecule has 3 aromatic rings. The lowest BCUT2D eigenvalue weighted by molar-refractivity contribution is -0.0248. The molecule has 204 valence electrons. The van der Waals surface area contributed by atoms with Crippen molar-refractivity contribution < 1.29 is 14.3 Å². The Kier molecular flexibility index (Phi) is 8.84. The monoisotopic (exact) mass is 519 g/mol. The van der Waals surface area contributed by atoms with E-state index in [1.165, 1.54) is 16.7 Å². The van der Waals surface area contributed by atoms with Gasteiger partial charge in [-0.2, -0.15) is 0 Å². The summed E-state index contributed by atoms with van der Waals surface area (Å²) in [6.45, 7) is 16.2. The molecule has 1 aliphatic heterocycles. The summed E-state index contributed by atoms with van der Waals surface area (Å²) < 4.78 is 13.4. The van der Waals surface area contributed by atoms with Crippen LogP contribution in [0.4, 0.5) is 4.79 Å². The van der Waals surface area contributed by atoms with Gasteiger partial charge in [-0.3, -0.25) is 4.90 Å². The topological polar surface area (TPSA) is 81.5 Å². The maximum absolute atomic E-state index is 11.9. The van der Waals surface area contributed by atoms with Crippen LogP contribution in [-0.2, 0) is 22.4 Å². The lowest BCUT2D eigenvalue weighted by Gasteiger charge is -2.32. The number of nitrogens with one attached hydrogen (secondary N) is 1. The first-order valence-electron chi connectivity index (χ1n) is 13.5. The smallest absolute Gasteiger partial charge is 0.407 e. The van der Waals surface area contributed by atoms with Crippen LogP contribution in [0, 0.1) is 13.8 Å². The second-order valence-electron chi connectivity index (χ2n) is 11.0. The van der Waals surface area contributed by atoms with E-state index in [0.717, 1.165) is 55.3 Å². The number of imidazole rings is 1. The zero-order valence-corrected chi connectivity index (χ0v) is 23.6. The number of carbonyl (C=O) groups excluding carboxylic acids is 1. The largest absolute Gasteiger partial charge is 0.444 e. The van der Waals surface area contributed by atoms with Gasteiger partial charge in [0.25, 0.3) is 0 Å². The molecule has 0 spiro atoms. The van der Waals surface area contributed by atoms with Crippen LogP contribution in [0.25, 0.3) is 17.2 Å². The Morgan fingerprint density at radius 3 is 2.68 bits per heavy atom. The molecule has 1 unspecified atom stereocenters. The normalized spacial score (nSPS) is 16.8. The summed E-state index contributed by atoms with van der Waals surface area (Å²) in [4.78, 5) is 23.9. The molecule has 0 radical (unpaired) electrons. The SMILES string of the molecule is CCc1nc2c(C)cc(C)nc2n1Cc1ccc(C=CCN2CCOC(CNC(=O)OC(C)(C)C)C2)cc1. The number of aromatic nitrogens is 3. The van der Waals surface area contributed by atoms with Gasteiger partial charge in [-0.25, -0.2) is 14.8 Å². The van der Waals surface area contributed by atoms with E-state index in [-0.39, 0.29) is 6.10 Å². The maximum Gasteiger partial charge on any atom is 0.407 e. The van der Waals surface area contributed by atoms with E-state index in [9.17, 15) is 4.79 Å². The number of pyridine rings is 1. The molecule has 1 aliphatic rings. The number of rotatable bonds is 8. The Morgan fingerprint density at radius 1 is 1.21 bits per heavy atom. The van der Waals surface area contributed by atoms with Crippen molar-refractivity contribution in [2.45, 2.75) is 66.2 Å². The number of alkyl carbamates (subject to hydrolysis) is 1. The highest BCUT2D eigenvalue weighted by Crippen LogP contribution is 2.21. The van der Waals surface area contributed by atoms with Crippen molar-refractivity contribution in [1.29, 1.82) is 0 Å². The van der Waals surface area contributed by atoms with Crippen LogP contribution in [0.2, 0.25) is 0 Å². The minimum absolute atomic E-state index is 0.0433. The Balaban J connectivity index is 1.31. The van der Waals surface area contributed by atoms with Gasteiger partial charge >= 0.3 is 6.09 Å². The first-order valence-corrected chi connectivity index (χ1v) is 13.5. The Morgan fingerprint density at radius 2 is 1.97 bits per heavy atom. The predicted molar refractivity (Wildman–Crippen MR) is 151 cm³/mol. The molecule has 1 atom stereocenters. The minimum Gasteiger partial charge on any atom is -0.444 e. The number of fused-ring (bicyclic) bond motifs is 1. The van der Waals surface area contributed by atoms with Crippen molar-refractivity contribution in [3.8, 4) is 0 Å². The zero-order valence-electron chi connectivity index (χ0n) is 23.6. The molecule has 0 saturated carbocycles. The molecule has 1 aromatic carbocycles. The van der Waals surface area contributed by atoms with Crippen molar-refractivity contribution in [3.63, 3.8) is 0 Å². The summed E-state index contributed by atoms with van der Waals surface area (Å²) in [5.41, 5.74) is 6.05. The van der Waals surface area contributed by atoms with Gasteiger partial charge < -0.3 is 19.4 Å². The summed E-state index contributed by atoms with van der Waals surface area (Å²) >= 11 is 0. The van der Waals surface area contributed by atoms with Crippen LogP contribution < -0.4 is 5.32 Å². The van der Waals surface area contributed by atoms with Crippen molar-refractivity contribution in [2.24, 2.45) is 0 Å². The van der Waals surface area contributed by atoms with Gasteiger partial charge in [0, 0.05) is 38.3 Å². The Labute approximate surface area is 226 Å². The number of morpholine rings is 1. The molecule has 8 nitrogen and oxygen atoms in total. The van der Waals surface area contributed by atoms with Crippen molar-refractivity contribution in [1.82, 2.24) is 24.8 Å². The average molecular weight is 520 g/mol. The molecule has 0 aliphatic carbocycles. The quantitative estimate of drug-likeness (QED) is 0.456. The van der Waals surface area contributed by atoms with Crippen LogP contribution in [-0.4, -0.2) is 70.0 Å². The van der Waals surface area contributed by atoms with Gasteiger partial charge in [-0.15, -0.1) is 0 Å². The Hall–Kier alpha value is -3.23. The molecule has 8 heteroatoms. The van der Waals surface area contributed by atoms with Gasteiger partial charge in [-0.1, -0.05) is 43.3 Å². The summed E-state index contributed by atoms with van der Waals surface area (Å²) in [6.07, 6.45) is 4.77. The summed E-state index contributed by atoms with van der Waals surface area (Å²) in [5, 5.41) is 2.81. The third kappa shape index (κ3) is 7.42. The molecule has 3 heterocycles. The molecule has 1 amide bonds. The summed E-state index contributed by atoms with van der Waals surface area (Å²) in [6, 6.07) is 10.8. The fraction of sp³-hybridized carbons (Fsp3) is 0.500. The molecule has 1 N–H and O–H groups in total. The minimum atomic E-state index is -0.506. The number of nitrogens with zero attached hydrogens (tertiary/aromatic N) is 4. The maximum atomic E-state index is 11.9. The van der Waals surface area contributed by atoms with Crippen LogP contribution >= 0.6 is 0 Å². The molecular weight excluding hydrogens is 478 g/mol. The number of amides is 1. The lowest BCUT2D eigenvalue weighted by Crippen LogP contribution is -2.48. The van der Waals surface area contributed by atoms with E-state index in [4.69, 9.17) is 19.4 Å². The molecule has 0 bridgehead atoms. The lowest BCUT2D eigenvalue weighted by atomic mass is 10.1. The van der Waals surface area contributed by atoms with E-state index >= 15 is 0 Å². The van der Waals surface area contributed by atoms with E-state index in [1.54, 1.807) is 0 Å². The number of hydrogen-bond donors (Lipinski definition) is 1. The molecule has 4 rings (SSSR count). The molecule has 2 aromatic heterocycles. The summed E-state index contributed by atoms with van der Waals surface area (Å²) in [7, 11) is 0. The van der Waals surface area contributed by atoms with Gasteiger partial charge in [0.05, 0.1) is 19.3 Å². The number of aryl methyl sites for hydroxylation is 3. The summed E-state index contributed by atoms with van der Waals surface area (Å²) in [5.74, 6) is 1.07. The van der Waals surface area contributed by atoms with Crippen molar-refractivity contribution >= 4 is 23.3 Å². The predicted octanol–water partition coefficient (Wildman–Crippen LogP) is 4.90. The Bertz CT molecular complexity index is 1270. The average Bonchev–Trinajstić information content (AvgIpc) is 3.20. The van der Waals surface area contributed by atoms with Gasteiger partial charge in [0.1, 0.15) is 16.9 Å². The highest BCUT2D eigenvalue weighted by molar-refractivity contribution is 5.76. The van der Waals surface area contributed by atoms with Gasteiger partial charge in [0.2, 0.25) is 0 Å². The third-order valence-electron chi connectivity index (χ3n) is 6.51. The standard InChI is InChI=1S/C30H41N5O3/c1-7-26-33-27-21(2)17-22(3)32-28(27)35(26)19-24-12-10-23(11-13-24)9-8-14-34-15-16-37-25(20-34)18-31-29(36)38-30(4,5)6/h8-13,17,25H,7,14-16,18-20H2,1-6H3,(H,31,36). The van der Waals surface area contributed by atoms with Gasteiger partial charge in [0.15, 0.2) is 5.65 Å². The van der Waals surface area contributed by atoms with Crippen molar-refractivity contribution in [3.05, 3.63) is 64.6 Å². The van der Waals surface area contributed by atoms with Crippen LogP contribution in [0.1, 0.15) is 55.9 Å². The molecule has 1 fully saturated rings. The number of benzene rings is 1. The molecule has 1 saturated heterocycles. The molecular formula is C30H41N5O3. The first-order chi connectivity index (χ1) is 18.1. The van der Waals surface area contributed by atoms with E-state index in [2.05, 4.69) is 71.1 Å². The highest BCUT2D eigenvalue weighted by atomic mass is 16.6. The van der Waals surface area contributed by atoms with Crippen molar-refractivity contribution in [2.75, 3.05) is 32.8 Å². The van der Waals surface area contributed by atoms with Gasteiger partial charge in [-0.05, 0) is 57.4 Å². The fourth-order valence-electron chi connectivity index (χ4n) is 4.72. The second kappa shape index (κ2) is 12.1. The van der Waals surface area contributed by atoms with Crippen LogP contribution in [0.5, 0.6) is 0 Å². The first kappa shape index (κ1) is 27.8. The van der Waals surface area contributed by atoms with E-state index in [0.29, 0.717) is 13.2 Å². The number of ether oxygens (including phenoxy) is 2. The molecule has 38 heavy (non-hydrogen) atoms. The van der Waals surface area contributed by atoms with E-state index < -0.39 is 11.7 Å². The van der Waals surface area contributed by atoms with Crippen LogP contribution in [0.15, 0.2) is 36.4 Å². The van der Waals surface area contributed by atoms with Crippen LogP contribution in [0.3, 0.4) is 0 Å². The third-order valence-corrected chi connectivity index (χ3v) is 6.51. The second-order valence-corrected chi connectivity index (χ2v) is 11.0. The highest BCUT2D eigenvalue weighted by Gasteiger charge is 2.22. The fourth-order valence-corrected chi connectivity index (χ4v) is 4.72. The number of hydrogen-bond acceptors (Lipinski definition) is 6. The van der Waals surface area contributed by atoms with E-state index in [1.807, 2.05) is 27.7 Å².